The van der Waals surface area contributed by atoms with Crippen LogP contribution in [0.2, 0.25) is 0 Å². The average Bonchev–Trinajstić information content (AvgIpc) is 2.59. The molecule has 0 fully saturated rings. The zero-order valence-electron chi connectivity index (χ0n) is 17.3. The number of carbonyl (C=O) groups excluding carboxylic acids is 1. The fraction of sp³-hybridized carbons (Fsp3) is 0.600. The molecule has 0 saturated heterocycles. The van der Waals surface area contributed by atoms with Crippen LogP contribution in [0.3, 0.4) is 0 Å². The molecule has 1 aromatic carbocycles. The lowest BCUT2D eigenvalue weighted by Crippen LogP contribution is -2.43. The predicted molar refractivity (Wildman–Crippen MR) is 111 cm³/mol. The van der Waals surface area contributed by atoms with E-state index in [9.17, 15) is 4.79 Å². The van der Waals surface area contributed by atoms with Crippen LogP contribution in [-0.4, -0.2) is 62.8 Å². The van der Waals surface area contributed by atoms with Crippen molar-refractivity contribution in [1.29, 1.82) is 0 Å². The minimum absolute atomic E-state index is 0.409. The summed E-state index contributed by atoms with van der Waals surface area (Å²) in [4.78, 5) is 18.1. The number of ether oxygens (including phenoxy) is 1. The molecule has 0 aromatic heterocycles. The van der Waals surface area contributed by atoms with Gasteiger partial charge in [-0.1, -0.05) is 30.3 Å². The van der Waals surface area contributed by atoms with Gasteiger partial charge in [-0.3, -0.25) is 4.99 Å². The van der Waals surface area contributed by atoms with E-state index >= 15 is 0 Å². The molecule has 152 valence electrons. The smallest absolute Gasteiger partial charge is 0.407 e. The Morgan fingerprint density at radius 1 is 1.07 bits per heavy atom. The summed E-state index contributed by atoms with van der Waals surface area (Å²) in [5.41, 5.74) is 0.839. The van der Waals surface area contributed by atoms with Gasteiger partial charge in [0, 0.05) is 33.2 Å². The quantitative estimate of drug-likeness (QED) is 0.349. The number of carbonyl (C=O) groups is 1. The maximum absolute atomic E-state index is 11.6. The molecule has 0 aliphatic rings. The van der Waals surface area contributed by atoms with Gasteiger partial charge in [0.2, 0.25) is 0 Å². The van der Waals surface area contributed by atoms with E-state index in [1.807, 2.05) is 26.8 Å². The molecule has 0 heterocycles. The van der Waals surface area contributed by atoms with Gasteiger partial charge in [-0.2, -0.15) is 0 Å². The minimum atomic E-state index is -0.483. The molecule has 1 amide bonds. The molecule has 0 aliphatic heterocycles. The van der Waals surface area contributed by atoms with Crippen LogP contribution in [0.25, 0.3) is 0 Å². The van der Waals surface area contributed by atoms with E-state index in [2.05, 4.69) is 57.2 Å². The predicted octanol–water partition coefficient (Wildman–Crippen LogP) is 2.20. The summed E-state index contributed by atoms with van der Waals surface area (Å²) >= 11 is 0. The maximum Gasteiger partial charge on any atom is 0.407 e. The van der Waals surface area contributed by atoms with Gasteiger partial charge in [0.1, 0.15) is 5.60 Å². The Balaban J connectivity index is 2.11. The fourth-order valence-corrected chi connectivity index (χ4v) is 2.41. The molecule has 0 spiro atoms. The van der Waals surface area contributed by atoms with Crippen molar-refractivity contribution in [3.05, 3.63) is 35.9 Å². The van der Waals surface area contributed by atoms with E-state index in [1.54, 1.807) is 7.05 Å². The zero-order valence-corrected chi connectivity index (χ0v) is 17.3. The van der Waals surface area contributed by atoms with Crippen LogP contribution in [0.1, 0.15) is 32.8 Å². The number of amides is 1. The molecule has 1 rings (SSSR count). The molecular weight excluding hydrogens is 342 g/mol. The molecule has 7 heteroatoms. The van der Waals surface area contributed by atoms with Crippen LogP contribution < -0.4 is 16.0 Å². The largest absolute Gasteiger partial charge is 0.444 e. The normalized spacial score (nSPS) is 12.0. The number of nitrogens with zero attached hydrogens (tertiary/aromatic N) is 2. The second-order valence-corrected chi connectivity index (χ2v) is 7.43. The monoisotopic (exact) mass is 377 g/mol. The molecule has 3 N–H and O–H groups in total. The Hall–Kier alpha value is -2.28. The van der Waals surface area contributed by atoms with E-state index in [-0.39, 0.29) is 0 Å². The Labute approximate surface area is 163 Å². The first-order valence-electron chi connectivity index (χ1n) is 9.44. The zero-order chi connectivity index (χ0) is 20.1. The summed E-state index contributed by atoms with van der Waals surface area (Å²) in [6.45, 7) is 9.35. The van der Waals surface area contributed by atoms with Gasteiger partial charge in [-0.05, 0) is 46.3 Å². The van der Waals surface area contributed by atoms with E-state index in [4.69, 9.17) is 4.74 Å². The van der Waals surface area contributed by atoms with Crippen molar-refractivity contribution in [3.8, 4) is 0 Å². The van der Waals surface area contributed by atoms with Crippen molar-refractivity contribution in [2.75, 3.05) is 40.3 Å². The van der Waals surface area contributed by atoms with E-state index in [0.717, 1.165) is 32.0 Å². The number of nitrogens with one attached hydrogen (secondary N) is 3. The van der Waals surface area contributed by atoms with Gasteiger partial charge >= 0.3 is 6.09 Å². The molecule has 0 saturated carbocycles. The topological polar surface area (TPSA) is 78.0 Å². The number of hydrogen-bond acceptors (Lipinski definition) is 4. The van der Waals surface area contributed by atoms with Gasteiger partial charge in [0.05, 0.1) is 0 Å². The number of guanidine groups is 1. The number of hydrogen-bond donors (Lipinski definition) is 3. The summed E-state index contributed by atoms with van der Waals surface area (Å²) in [6, 6.07) is 10.5. The Morgan fingerprint density at radius 3 is 2.33 bits per heavy atom. The van der Waals surface area contributed by atoms with Gasteiger partial charge < -0.3 is 25.6 Å². The Kier molecular flexibility index (Phi) is 10.3. The second-order valence-electron chi connectivity index (χ2n) is 7.43. The number of benzene rings is 1. The molecule has 7 nitrogen and oxygen atoms in total. The molecule has 0 aliphatic carbocycles. The van der Waals surface area contributed by atoms with Crippen molar-refractivity contribution in [1.82, 2.24) is 20.9 Å². The summed E-state index contributed by atoms with van der Waals surface area (Å²) < 4.78 is 5.19. The highest BCUT2D eigenvalue weighted by Crippen LogP contribution is 2.06. The first kappa shape index (κ1) is 22.8. The van der Waals surface area contributed by atoms with E-state index < -0.39 is 11.7 Å². The first-order chi connectivity index (χ1) is 12.8. The molecule has 0 radical (unpaired) electrons. The van der Waals surface area contributed by atoms with Crippen LogP contribution >= 0.6 is 0 Å². The van der Waals surface area contributed by atoms with Gasteiger partial charge in [-0.25, -0.2) is 4.79 Å². The highest BCUT2D eigenvalue weighted by Gasteiger charge is 2.15. The van der Waals surface area contributed by atoms with Crippen LogP contribution in [0.5, 0.6) is 0 Å². The lowest BCUT2D eigenvalue weighted by Gasteiger charge is -2.20. The van der Waals surface area contributed by atoms with Crippen LogP contribution in [0.4, 0.5) is 4.79 Å². The lowest BCUT2D eigenvalue weighted by atomic mass is 10.2. The number of aliphatic imine (C=N–C) groups is 1. The Morgan fingerprint density at radius 2 is 1.70 bits per heavy atom. The highest BCUT2D eigenvalue weighted by atomic mass is 16.6. The Bertz CT molecular complexity index is 569. The van der Waals surface area contributed by atoms with Gasteiger partial charge in [-0.15, -0.1) is 0 Å². The molecule has 1 aromatic rings. The van der Waals surface area contributed by atoms with E-state index in [1.165, 1.54) is 5.56 Å². The van der Waals surface area contributed by atoms with Crippen LogP contribution in [0, 0.1) is 0 Å². The molecular formula is C20H35N5O2. The van der Waals surface area contributed by atoms with Crippen molar-refractivity contribution in [3.63, 3.8) is 0 Å². The summed E-state index contributed by atoms with van der Waals surface area (Å²) in [5, 5.41) is 9.16. The first-order valence-corrected chi connectivity index (χ1v) is 9.44. The van der Waals surface area contributed by atoms with Crippen molar-refractivity contribution >= 4 is 12.1 Å². The van der Waals surface area contributed by atoms with Crippen molar-refractivity contribution in [2.45, 2.75) is 39.3 Å². The molecule has 27 heavy (non-hydrogen) atoms. The maximum atomic E-state index is 11.6. The number of alkyl carbamates (subject to hydrolysis) is 1. The van der Waals surface area contributed by atoms with Gasteiger partial charge in [0.25, 0.3) is 0 Å². The molecule has 0 unspecified atom stereocenters. The fourth-order valence-electron chi connectivity index (χ4n) is 2.41. The van der Waals surface area contributed by atoms with Crippen molar-refractivity contribution < 1.29 is 9.53 Å². The highest BCUT2D eigenvalue weighted by molar-refractivity contribution is 5.79. The minimum Gasteiger partial charge on any atom is -0.444 e. The molecule has 0 atom stereocenters. The standard InChI is InChI=1S/C20H35N5O2/c1-20(2,3)27-19(26)24-14-13-23-18(21-4)22-12-9-15-25(5)16-17-10-7-6-8-11-17/h6-8,10-11H,9,12-16H2,1-5H3,(H,24,26)(H2,21,22,23). The summed E-state index contributed by atoms with van der Waals surface area (Å²) in [6.07, 6.45) is 0.605. The second kappa shape index (κ2) is 12.2. The summed E-state index contributed by atoms with van der Waals surface area (Å²) in [5.74, 6) is 0.728. The summed E-state index contributed by atoms with van der Waals surface area (Å²) in [7, 11) is 3.86. The third kappa shape index (κ3) is 11.9. The van der Waals surface area contributed by atoms with Crippen LogP contribution in [0.15, 0.2) is 35.3 Å². The third-order valence-corrected chi connectivity index (χ3v) is 3.61. The van der Waals surface area contributed by atoms with Crippen LogP contribution in [-0.2, 0) is 11.3 Å². The average molecular weight is 378 g/mol. The number of rotatable bonds is 9. The van der Waals surface area contributed by atoms with E-state index in [0.29, 0.717) is 13.1 Å². The SMILES string of the molecule is CN=C(NCCCN(C)Cc1ccccc1)NCCNC(=O)OC(C)(C)C. The lowest BCUT2D eigenvalue weighted by molar-refractivity contribution is 0.0529. The van der Waals surface area contributed by atoms with Crippen molar-refractivity contribution in [2.24, 2.45) is 4.99 Å². The van der Waals surface area contributed by atoms with Gasteiger partial charge in [0.15, 0.2) is 5.96 Å². The molecule has 0 bridgehead atoms. The third-order valence-electron chi connectivity index (χ3n) is 3.61.